The molecular formula is C12H10N2O2. The fourth-order valence-electron chi connectivity index (χ4n) is 1.41. The summed E-state index contributed by atoms with van der Waals surface area (Å²) in [5, 5.41) is 10.4. The molecule has 2 aromatic rings. The predicted octanol–water partition coefficient (Wildman–Crippen LogP) is 1.44. The summed E-state index contributed by atoms with van der Waals surface area (Å²) in [5.74, 6) is -0.411. The molecule has 1 amide bonds. The first-order chi connectivity index (χ1) is 7.66. The first-order valence-electron chi connectivity index (χ1n) is 4.73. The van der Waals surface area contributed by atoms with Crippen LogP contribution in [0.4, 0.5) is 0 Å². The van der Waals surface area contributed by atoms with Crippen LogP contribution in [0.2, 0.25) is 0 Å². The molecular weight excluding hydrogens is 204 g/mol. The van der Waals surface area contributed by atoms with Gasteiger partial charge in [-0.1, -0.05) is 18.2 Å². The molecule has 3 N–H and O–H groups in total. The lowest BCUT2D eigenvalue weighted by molar-refractivity contribution is -0.113. The highest BCUT2D eigenvalue weighted by Gasteiger charge is 2.00. The van der Waals surface area contributed by atoms with Gasteiger partial charge in [-0.05, 0) is 18.2 Å². The van der Waals surface area contributed by atoms with Crippen molar-refractivity contribution in [3.05, 3.63) is 42.1 Å². The molecule has 0 bridgehead atoms. The molecule has 0 atom stereocenters. The van der Waals surface area contributed by atoms with Crippen LogP contribution in [0.1, 0.15) is 5.69 Å². The van der Waals surface area contributed by atoms with Crippen molar-refractivity contribution in [1.82, 2.24) is 4.98 Å². The number of phenolic OH excluding ortho intramolecular Hbond substituents is 1. The van der Waals surface area contributed by atoms with Crippen LogP contribution in [-0.4, -0.2) is 16.0 Å². The van der Waals surface area contributed by atoms with E-state index in [-0.39, 0.29) is 5.75 Å². The molecule has 1 heterocycles. The molecule has 0 spiro atoms. The number of benzene rings is 1. The van der Waals surface area contributed by atoms with E-state index in [0.717, 1.165) is 5.39 Å². The zero-order valence-electron chi connectivity index (χ0n) is 8.42. The quantitative estimate of drug-likeness (QED) is 0.742. The Kier molecular flexibility index (Phi) is 2.55. The van der Waals surface area contributed by atoms with Crippen molar-refractivity contribution in [2.45, 2.75) is 0 Å². The molecule has 80 valence electrons. The van der Waals surface area contributed by atoms with E-state index in [1.807, 2.05) is 12.1 Å². The van der Waals surface area contributed by atoms with Gasteiger partial charge in [0.15, 0.2) is 0 Å². The SMILES string of the molecule is NC(=O)/C=C\c1ccc2cccc(O)c2n1. The lowest BCUT2D eigenvalue weighted by Crippen LogP contribution is -2.05. The molecule has 0 radical (unpaired) electrons. The van der Waals surface area contributed by atoms with Gasteiger partial charge >= 0.3 is 0 Å². The summed E-state index contributed by atoms with van der Waals surface area (Å²) in [7, 11) is 0. The van der Waals surface area contributed by atoms with Crippen LogP contribution in [0.3, 0.4) is 0 Å². The first kappa shape index (κ1) is 10.2. The molecule has 1 aromatic heterocycles. The number of aromatic hydroxyl groups is 1. The molecule has 16 heavy (non-hydrogen) atoms. The van der Waals surface area contributed by atoms with Gasteiger partial charge < -0.3 is 10.8 Å². The van der Waals surface area contributed by atoms with Gasteiger partial charge in [0.2, 0.25) is 5.91 Å². The van der Waals surface area contributed by atoms with Crippen molar-refractivity contribution in [1.29, 1.82) is 0 Å². The zero-order valence-corrected chi connectivity index (χ0v) is 8.42. The van der Waals surface area contributed by atoms with Gasteiger partial charge in [0.05, 0.1) is 5.69 Å². The van der Waals surface area contributed by atoms with Crippen LogP contribution < -0.4 is 5.73 Å². The lowest BCUT2D eigenvalue weighted by Gasteiger charge is -2.00. The van der Waals surface area contributed by atoms with Gasteiger partial charge in [0, 0.05) is 11.5 Å². The molecule has 0 aliphatic heterocycles. The van der Waals surface area contributed by atoms with Crippen molar-refractivity contribution in [3.8, 4) is 5.75 Å². The summed E-state index contributed by atoms with van der Waals surface area (Å²) < 4.78 is 0. The number of amides is 1. The number of aromatic nitrogens is 1. The third-order valence-corrected chi connectivity index (χ3v) is 2.14. The number of nitrogens with two attached hydrogens (primary N) is 1. The third kappa shape index (κ3) is 2.00. The molecule has 0 saturated heterocycles. The molecule has 0 aliphatic rings. The summed E-state index contributed by atoms with van der Waals surface area (Å²) in [4.78, 5) is 14.8. The van der Waals surface area contributed by atoms with E-state index >= 15 is 0 Å². The third-order valence-electron chi connectivity index (χ3n) is 2.14. The Labute approximate surface area is 92.0 Å². The van der Waals surface area contributed by atoms with Crippen LogP contribution in [0, 0.1) is 0 Å². The second-order valence-electron chi connectivity index (χ2n) is 3.32. The smallest absolute Gasteiger partial charge is 0.241 e. The normalized spacial score (nSPS) is 11.0. The number of nitrogens with zero attached hydrogens (tertiary/aromatic N) is 1. The second kappa shape index (κ2) is 4.02. The largest absolute Gasteiger partial charge is 0.506 e. The van der Waals surface area contributed by atoms with E-state index in [0.29, 0.717) is 11.2 Å². The molecule has 2 rings (SSSR count). The molecule has 0 aliphatic carbocycles. The molecule has 4 heteroatoms. The highest BCUT2D eigenvalue weighted by molar-refractivity contribution is 5.91. The van der Waals surface area contributed by atoms with Gasteiger partial charge in [-0.25, -0.2) is 4.98 Å². The zero-order chi connectivity index (χ0) is 11.5. The summed E-state index contributed by atoms with van der Waals surface area (Å²) in [6, 6.07) is 8.74. The van der Waals surface area contributed by atoms with E-state index in [1.165, 1.54) is 12.2 Å². The minimum absolute atomic E-state index is 0.117. The van der Waals surface area contributed by atoms with E-state index in [1.54, 1.807) is 18.2 Å². The Hall–Kier alpha value is -2.36. The number of carbonyl (C=O) groups excluding carboxylic acids is 1. The minimum atomic E-state index is -0.529. The Morgan fingerprint density at radius 2 is 2.12 bits per heavy atom. The van der Waals surface area contributed by atoms with E-state index in [4.69, 9.17) is 5.73 Å². The van der Waals surface area contributed by atoms with Crippen molar-refractivity contribution < 1.29 is 9.90 Å². The summed E-state index contributed by atoms with van der Waals surface area (Å²) in [5.41, 5.74) is 6.07. The number of fused-ring (bicyclic) bond motifs is 1. The highest BCUT2D eigenvalue weighted by Crippen LogP contribution is 2.22. The summed E-state index contributed by atoms with van der Waals surface area (Å²) in [6.07, 6.45) is 2.74. The fourth-order valence-corrected chi connectivity index (χ4v) is 1.41. The van der Waals surface area contributed by atoms with E-state index in [9.17, 15) is 9.90 Å². The molecule has 0 saturated carbocycles. The number of primary amides is 1. The summed E-state index contributed by atoms with van der Waals surface area (Å²) >= 11 is 0. The maximum atomic E-state index is 10.6. The van der Waals surface area contributed by atoms with Crippen LogP contribution in [0.15, 0.2) is 36.4 Å². The van der Waals surface area contributed by atoms with E-state index in [2.05, 4.69) is 4.98 Å². The predicted molar refractivity (Wildman–Crippen MR) is 61.6 cm³/mol. The monoisotopic (exact) mass is 214 g/mol. The number of hydrogen-bond acceptors (Lipinski definition) is 3. The van der Waals surface area contributed by atoms with Gasteiger partial charge in [-0.2, -0.15) is 0 Å². The highest BCUT2D eigenvalue weighted by atomic mass is 16.3. The maximum Gasteiger partial charge on any atom is 0.241 e. The first-order valence-corrected chi connectivity index (χ1v) is 4.73. The minimum Gasteiger partial charge on any atom is -0.506 e. The Bertz CT molecular complexity index is 576. The average molecular weight is 214 g/mol. The lowest BCUT2D eigenvalue weighted by atomic mass is 10.2. The summed E-state index contributed by atoms with van der Waals surface area (Å²) in [6.45, 7) is 0. The number of para-hydroxylation sites is 1. The van der Waals surface area contributed by atoms with Crippen molar-refractivity contribution >= 4 is 22.9 Å². The van der Waals surface area contributed by atoms with Crippen molar-refractivity contribution in [2.24, 2.45) is 5.73 Å². The second-order valence-corrected chi connectivity index (χ2v) is 3.32. The van der Waals surface area contributed by atoms with Crippen LogP contribution in [-0.2, 0) is 4.79 Å². The standard InChI is InChI=1S/C12H10N2O2/c13-11(16)7-6-9-5-4-8-2-1-3-10(15)12(8)14-9/h1-7,15H,(H2,13,16)/b7-6-. The molecule has 0 unspecified atom stereocenters. The fraction of sp³-hybridized carbons (Fsp3) is 0. The topological polar surface area (TPSA) is 76.2 Å². The van der Waals surface area contributed by atoms with E-state index < -0.39 is 5.91 Å². The Balaban J connectivity index is 2.51. The Morgan fingerprint density at radius 3 is 2.88 bits per heavy atom. The van der Waals surface area contributed by atoms with Crippen LogP contribution >= 0.6 is 0 Å². The maximum absolute atomic E-state index is 10.6. The molecule has 4 nitrogen and oxygen atoms in total. The number of rotatable bonds is 2. The van der Waals surface area contributed by atoms with Gasteiger partial charge in [-0.15, -0.1) is 0 Å². The van der Waals surface area contributed by atoms with Crippen LogP contribution in [0.25, 0.3) is 17.0 Å². The van der Waals surface area contributed by atoms with Crippen molar-refractivity contribution in [3.63, 3.8) is 0 Å². The van der Waals surface area contributed by atoms with Gasteiger partial charge in [0.25, 0.3) is 0 Å². The number of pyridine rings is 1. The Morgan fingerprint density at radius 1 is 1.31 bits per heavy atom. The number of hydrogen-bond donors (Lipinski definition) is 2. The molecule has 1 aromatic carbocycles. The number of phenols is 1. The van der Waals surface area contributed by atoms with Gasteiger partial charge in [0.1, 0.15) is 11.3 Å². The van der Waals surface area contributed by atoms with Crippen molar-refractivity contribution in [2.75, 3.05) is 0 Å². The van der Waals surface area contributed by atoms with Gasteiger partial charge in [-0.3, -0.25) is 4.79 Å². The number of carbonyl (C=O) groups is 1. The average Bonchev–Trinajstić information content (AvgIpc) is 2.27. The van der Waals surface area contributed by atoms with Crippen LogP contribution in [0.5, 0.6) is 5.75 Å². The molecule has 0 fully saturated rings.